The molecule has 0 saturated heterocycles. The van der Waals surface area contributed by atoms with Crippen LogP contribution in [-0.4, -0.2) is 34.2 Å². The number of hydrogen-bond donors (Lipinski definition) is 4. The quantitative estimate of drug-likeness (QED) is 0.415. The van der Waals surface area contributed by atoms with Crippen LogP contribution in [0.15, 0.2) is 23.1 Å². The van der Waals surface area contributed by atoms with Gasteiger partial charge in [0, 0.05) is 13.1 Å². The number of amides is 1. The van der Waals surface area contributed by atoms with Gasteiger partial charge in [0.2, 0.25) is 10.0 Å². The molecule has 0 saturated carbocycles. The van der Waals surface area contributed by atoms with Gasteiger partial charge in [-0.2, -0.15) is 0 Å². The Morgan fingerprint density at radius 1 is 1.40 bits per heavy atom. The van der Waals surface area contributed by atoms with Crippen LogP contribution in [0, 0.1) is 0 Å². The van der Waals surface area contributed by atoms with Crippen molar-refractivity contribution < 1.29 is 17.9 Å². The number of nitrogen functional groups attached to an aromatic ring is 1. The van der Waals surface area contributed by atoms with Crippen LogP contribution in [0.3, 0.4) is 0 Å². The fraction of sp³-hybridized carbons (Fsp3) is 0.364. The smallest absolute Gasteiger partial charge is 0.404 e. The van der Waals surface area contributed by atoms with Crippen LogP contribution in [0.4, 0.5) is 16.2 Å². The fourth-order valence-electron chi connectivity index (χ4n) is 1.47. The normalized spacial score (nSPS) is 11.1. The second-order valence-electron chi connectivity index (χ2n) is 3.84. The number of rotatable bonds is 7. The molecule has 0 bridgehead atoms. The maximum atomic E-state index is 11.8. The number of nitrogens with two attached hydrogens (primary N) is 2. The largest absolute Gasteiger partial charge is 0.448 e. The number of carbonyl (C=O) groups excluding carboxylic acids is 1. The summed E-state index contributed by atoms with van der Waals surface area (Å²) in [5.74, 6) is 0. The van der Waals surface area contributed by atoms with Crippen LogP contribution >= 0.6 is 0 Å². The van der Waals surface area contributed by atoms with Crippen molar-refractivity contribution in [2.24, 2.45) is 5.73 Å². The summed E-state index contributed by atoms with van der Waals surface area (Å²) in [5.41, 5.74) is 11.4. The highest BCUT2D eigenvalue weighted by atomic mass is 32.2. The van der Waals surface area contributed by atoms with Gasteiger partial charge in [0.15, 0.2) is 0 Å². The van der Waals surface area contributed by atoms with Crippen LogP contribution in [0.2, 0.25) is 0 Å². The molecule has 20 heavy (non-hydrogen) atoms. The zero-order valence-electron chi connectivity index (χ0n) is 11.0. The molecule has 0 aromatic heterocycles. The zero-order chi connectivity index (χ0) is 15.2. The number of nitrogens with one attached hydrogen (secondary N) is 2. The highest BCUT2D eigenvalue weighted by Crippen LogP contribution is 2.22. The van der Waals surface area contributed by atoms with E-state index in [4.69, 9.17) is 11.5 Å². The summed E-state index contributed by atoms with van der Waals surface area (Å²) in [6.45, 7) is 2.30. The number of carbonyl (C=O) groups is 1. The Balaban J connectivity index is 2.79. The number of primary amides is 1. The van der Waals surface area contributed by atoms with Gasteiger partial charge < -0.3 is 21.5 Å². The van der Waals surface area contributed by atoms with Crippen molar-refractivity contribution in [3.8, 4) is 0 Å². The minimum atomic E-state index is -3.54. The minimum absolute atomic E-state index is 0.0545. The molecule has 0 aliphatic heterocycles. The van der Waals surface area contributed by atoms with Crippen molar-refractivity contribution in [2.75, 3.05) is 30.7 Å². The number of anilines is 2. The number of hydrogen-bond acceptors (Lipinski definition) is 6. The Morgan fingerprint density at radius 2 is 2.10 bits per heavy atom. The lowest BCUT2D eigenvalue weighted by Gasteiger charge is -2.11. The average Bonchev–Trinajstić information content (AvgIpc) is 2.36. The fourth-order valence-corrected chi connectivity index (χ4v) is 2.53. The van der Waals surface area contributed by atoms with Gasteiger partial charge in [0.25, 0.3) is 0 Å². The number of benzene rings is 1. The van der Waals surface area contributed by atoms with Crippen molar-refractivity contribution in [2.45, 2.75) is 11.8 Å². The van der Waals surface area contributed by atoms with Crippen LogP contribution in [-0.2, 0) is 14.8 Å². The molecule has 0 radical (unpaired) electrons. The summed E-state index contributed by atoms with van der Waals surface area (Å²) >= 11 is 0. The third-order valence-electron chi connectivity index (χ3n) is 2.33. The molecule has 0 fully saturated rings. The Hall–Kier alpha value is -2.00. The van der Waals surface area contributed by atoms with Crippen molar-refractivity contribution in [3.05, 3.63) is 18.2 Å². The van der Waals surface area contributed by atoms with Gasteiger partial charge in [-0.25, -0.2) is 17.9 Å². The molecule has 9 heteroatoms. The third-order valence-corrected chi connectivity index (χ3v) is 3.87. The molecule has 0 aliphatic carbocycles. The van der Waals surface area contributed by atoms with E-state index in [-0.39, 0.29) is 18.0 Å². The molecule has 0 aliphatic rings. The Morgan fingerprint density at radius 3 is 2.70 bits per heavy atom. The molecule has 0 atom stereocenters. The predicted molar refractivity (Wildman–Crippen MR) is 75.7 cm³/mol. The average molecular weight is 302 g/mol. The SMILES string of the molecule is CCNS(=O)(=O)c1ccc(N)c(NCCOC(N)=O)c1. The van der Waals surface area contributed by atoms with Crippen molar-refractivity contribution >= 4 is 27.5 Å². The van der Waals surface area contributed by atoms with E-state index in [0.717, 1.165) is 0 Å². The maximum Gasteiger partial charge on any atom is 0.404 e. The second-order valence-corrected chi connectivity index (χ2v) is 5.61. The lowest BCUT2D eigenvalue weighted by molar-refractivity contribution is 0.161. The summed E-state index contributed by atoms with van der Waals surface area (Å²) in [6, 6.07) is 4.32. The van der Waals surface area contributed by atoms with Crippen molar-refractivity contribution in [1.29, 1.82) is 0 Å². The summed E-state index contributed by atoms with van der Waals surface area (Å²) < 4.78 is 30.6. The topological polar surface area (TPSA) is 137 Å². The van der Waals surface area contributed by atoms with E-state index < -0.39 is 16.1 Å². The van der Waals surface area contributed by atoms with E-state index in [0.29, 0.717) is 17.9 Å². The molecule has 1 aromatic rings. The number of sulfonamides is 1. The predicted octanol–water partition coefficient (Wildman–Crippen LogP) is 0.0742. The molecule has 1 aromatic carbocycles. The summed E-state index contributed by atoms with van der Waals surface area (Å²) in [6.07, 6.45) is -0.872. The van der Waals surface area contributed by atoms with E-state index >= 15 is 0 Å². The Labute approximate surface area is 117 Å². The van der Waals surface area contributed by atoms with Crippen LogP contribution in [0.1, 0.15) is 6.92 Å². The van der Waals surface area contributed by atoms with Gasteiger partial charge in [-0.3, -0.25) is 0 Å². The molecule has 1 amide bonds. The highest BCUT2D eigenvalue weighted by molar-refractivity contribution is 7.89. The van der Waals surface area contributed by atoms with Gasteiger partial charge in [-0.1, -0.05) is 6.92 Å². The lowest BCUT2D eigenvalue weighted by atomic mass is 10.2. The Bertz CT molecular complexity index is 574. The first-order chi connectivity index (χ1) is 9.36. The van der Waals surface area contributed by atoms with E-state index in [1.54, 1.807) is 6.92 Å². The van der Waals surface area contributed by atoms with Crippen LogP contribution < -0.4 is 21.5 Å². The standard InChI is InChI=1S/C11H18N4O4S/c1-2-15-20(17,18)8-3-4-9(12)10(7-8)14-5-6-19-11(13)16/h3-4,7,14-15H,2,5-6,12H2,1H3,(H2,13,16). The molecule has 8 nitrogen and oxygen atoms in total. The van der Waals surface area contributed by atoms with E-state index in [1.807, 2.05) is 0 Å². The van der Waals surface area contributed by atoms with Crippen LogP contribution in [0.25, 0.3) is 0 Å². The van der Waals surface area contributed by atoms with E-state index in [1.165, 1.54) is 18.2 Å². The number of ether oxygens (including phenoxy) is 1. The second kappa shape index (κ2) is 6.96. The summed E-state index contributed by atoms with van der Waals surface area (Å²) in [4.78, 5) is 10.5. The minimum Gasteiger partial charge on any atom is -0.448 e. The molecule has 0 heterocycles. The third kappa shape index (κ3) is 4.59. The molecule has 0 unspecified atom stereocenters. The van der Waals surface area contributed by atoms with Gasteiger partial charge >= 0.3 is 6.09 Å². The van der Waals surface area contributed by atoms with E-state index in [9.17, 15) is 13.2 Å². The molecule has 112 valence electrons. The van der Waals surface area contributed by atoms with Crippen LogP contribution in [0.5, 0.6) is 0 Å². The van der Waals surface area contributed by atoms with Gasteiger partial charge in [0.1, 0.15) is 6.61 Å². The molecule has 0 spiro atoms. The Kier molecular flexibility index (Phi) is 5.59. The van der Waals surface area contributed by atoms with Crippen molar-refractivity contribution in [1.82, 2.24) is 4.72 Å². The van der Waals surface area contributed by atoms with Gasteiger partial charge in [0.05, 0.1) is 16.3 Å². The molecule has 6 N–H and O–H groups in total. The van der Waals surface area contributed by atoms with Gasteiger partial charge in [-0.05, 0) is 18.2 Å². The van der Waals surface area contributed by atoms with Gasteiger partial charge in [-0.15, -0.1) is 0 Å². The molecular weight excluding hydrogens is 284 g/mol. The first-order valence-corrected chi connectivity index (χ1v) is 7.40. The highest BCUT2D eigenvalue weighted by Gasteiger charge is 2.14. The lowest BCUT2D eigenvalue weighted by Crippen LogP contribution is -2.23. The summed E-state index contributed by atoms with van der Waals surface area (Å²) in [5, 5.41) is 2.87. The summed E-state index contributed by atoms with van der Waals surface area (Å²) in [7, 11) is -3.54. The zero-order valence-corrected chi connectivity index (χ0v) is 11.9. The molecule has 1 rings (SSSR count). The first-order valence-electron chi connectivity index (χ1n) is 5.92. The van der Waals surface area contributed by atoms with Crippen molar-refractivity contribution in [3.63, 3.8) is 0 Å². The monoisotopic (exact) mass is 302 g/mol. The molecular formula is C11H18N4O4S. The first kappa shape index (κ1) is 16.1. The van der Waals surface area contributed by atoms with E-state index in [2.05, 4.69) is 14.8 Å². The maximum absolute atomic E-state index is 11.8.